The number of hydrogen-bond donors (Lipinski definition) is 0. The molecule has 0 aliphatic heterocycles. The molecule has 0 aliphatic carbocycles. The zero-order valence-corrected chi connectivity index (χ0v) is 20.3. The molecule has 2 aromatic heterocycles. The third-order valence-corrected chi connectivity index (χ3v) is 6.56. The number of nitriles is 2. The Morgan fingerprint density at radius 2 is 0.868 bits per heavy atom. The highest BCUT2D eigenvalue weighted by Gasteiger charge is 2.19. The minimum absolute atomic E-state index is 0.585. The standard InChI is InChI=1S/C34H20N4/c35-21-23-9-13-27(14-10-23)33(28-15-11-24(22-36)12-16-28)34(31-19-17-25-5-1-3-7-29(25)37-31)32-20-18-26-6-2-4-8-30(26)38-32/h1-20H. The lowest BCUT2D eigenvalue weighted by Gasteiger charge is -2.17. The Bertz CT molecular complexity index is 1780. The van der Waals surface area contributed by atoms with Crippen LogP contribution in [0.15, 0.2) is 121 Å². The number of rotatable bonds is 4. The van der Waals surface area contributed by atoms with Gasteiger partial charge in [0.15, 0.2) is 0 Å². The topological polar surface area (TPSA) is 73.4 Å². The van der Waals surface area contributed by atoms with Gasteiger partial charge in [0.1, 0.15) is 0 Å². The number of aromatic nitrogens is 2. The second-order valence-electron chi connectivity index (χ2n) is 8.91. The summed E-state index contributed by atoms with van der Waals surface area (Å²) in [6.45, 7) is 0. The molecule has 4 aromatic carbocycles. The van der Waals surface area contributed by atoms with Crippen molar-refractivity contribution in [2.24, 2.45) is 0 Å². The third kappa shape index (κ3) is 4.28. The molecular formula is C34H20N4. The fraction of sp³-hybridized carbons (Fsp3) is 0. The van der Waals surface area contributed by atoms with Crippen molar-refractivity contribution in [3.63, 3.8) is 0 Å². The first-order chi connectivity index (χ1) is 18.7. The lowest BCUT2D eigenvalue weighted by molar-refractivity contribution is 1.28. The van der Waals surface area contributed by atoms with Gasteiger partial charge in [0.05, 0.1) is 45.7 Å². The quantitative estimate of drug-likeness (QED) is 0.259. The molecule has 0 saturated carbocycles. The second-order valence-corrected chi connectivity index (χ2v) is 8.91. The van der Waals surface area contributed by atoms with Gasteiger partial charge < -0.3 is 0 Å². The monoisotopic (exact) mass is 484 g/mol. The van der Waals surface area contributed by atoms with E-state index in [-0.39, 0.29) is 0 Å². The minimum atomic E-state index is 0.585. The molecule has 176 valence electrons. The first-order valence-electron chi connectivity index (χ1n) is 12.2. The summed E-state index contributed by atoms with van der Waals surface area (Å²) in [6.07, 6.45) is 0. The molecule has 0 radical (unpaired) electrons. The maximum Gasteiger partial charge on any atom is 0.0991 e. The van der Waals surface area contributed by atoms with Gasteiger partial charge in [0, 0.05) is 21.9 Å². The van der Waals surface area contributed by atoms with Crippen LogP contribution in [-0.4, -0.2) is 9.97 Å². The molecule has 4 heteroatoms. The number of fused-ring (bicyclic) bond motifs is 2. The first kappa shape index (κ1) is 22.9. The minimum Gasteiger partial charge on any atom is -0.248 e. The summed E-state index contributed by atoms with van der Waals surface area (Å²) in [5.74, 6) is 0. The molecule has 0 bridgehead atoms. The highest BCUT2D eigenvalue weighted by atomic mass is 14.7. The van der Waals surface area contributed by atoms with Crippen LogP contribution in [0.25, 0.3) is 33.0 Å². The van der Waals surface area contributed by atoms with E-state index in [0.29, 0.717) is 11.1 Å². The molecule has 0 fully saturated rings. The lowest BCUT2D eigenvalue weighted by atomic mass is 9.88. The van der Waals surface area contributed by atoms with Crippen LogP contribution >= 0.6 is 0 Å². The number of para-hydroxylation sites is 2. The van der Waals surface area contributed by atoms with Crippen LogP contribution in [0.4, 0.5) is 0 Å². The van der Waals surface area contributed by atoms with Gasteiger partial charge >= 0.3 is 0 Å². The van der Waals surface area contributed by atoms with E-state index in [9.17, 15) is 10.5 Å². The summed E-state index contributed by atoms with van der Waals surface area (Å²) in [5, 5.41) is 20.9. The van der Waals surface area contributed by atoms with E-state index < -0.39 is 0 Å². The van der Waals surface area contributed by atoms with Crippen LogP contribution in [0.2, 0.25) is 0 Å². The fourth-order valence-electron chi connectivity index (χ4n) is 4.68. The van der Waals surface area contributed by atoms with Crippen molar-refractivity contribution in [1.82, 2.24) is 9.97 Å². The van der Waals surface area contributed by atoms with E-state index >= 15 is 0 Å². The van der Waals surface area contributed by atoms with Crippen molar-refractivity contribution >= 4 is 33.0 Å². The van der Waals surface area contributed by atoms with Crippen LogP contribution in [0.1, 0.15) is 33.6 Å². The van der Waals surface area contributed by atoms with Crippen molar-refractivity contribution in [3.05, 3.63) is 155 Å². The number of pyridine rings is 2. The molecule has 0 aliphatic rings. The van der Waals surface area contributed by atoms with Crippen LogP contribution in [0, 0.1) is 22.7 Å². The predicted molar refractivity (Wildman–Crippen MR) is 151 cm³/mol. The summed E-state index contributed by atoms with van der Waals surface area (Å²) >= 11 is 0. The maximum absolute atomic E-state index is 9.40. The molecule has 0 unspecified atom stereocenters. The molecule has 4 nitrogen and oxygen atoms in total. The molecule has 0 amide bonds. The highest BCUT2D eigenvalue weighted by molar-refractivity contribution is 6.04. The molecule has 6 rings (SSSR count). The van der Waals surface area contributed by atoms with Gasteiger partial charge in [-0.25, -0.2) is 9.97 Å². The Morgan fingerprint density at radius 1 is 0.447 bits per heavy atom. The summed E-state index contributed by atoms with van der Waals surface area (Å²) in [4.78, 5) is 10.1. The number of nitrogens with zero attached hydrogens (tertiary/aromatic N) is 4. The SMILES string of the molecule is N#Cc1ccc(C(=C(c2ccc3ccccc3n2)c2ccc3ccccc3n2)c2ccc(C#N)cc2)cc1. The first-order valence-corrected chi connectivity index (χ1v) is 12.2. The van der Waals surface area contributed by atoms with E-state index in [0.717, 1.165) is 55.5 Å². The molecule has 0 atom stereocenters. The van der Waals surface area contributed by atoms with Gasteiger partial charge in [0.2, 0.25) is 0 Å². The van der Waals surface area contributed by atoms with Crippen LogP contribution in [0.5, 0.6) is 0 Å². The maximum atomic E-state index is 9.40. The van der Waals surface area contributed by atoms with Gasteiger partial charge in [-0.3, -0.25) is 0 Å². The zero-order valence-electron chi connectivity index (χ0n) is 20.3. The zero-order chi connectivity index (χ0) is 25.9. The van der Waals surface area contributed by atoms with E-state index in [1.54, 1.807) is 0 Å². The largest absolute Gasteiger partial charge is 0.248 e. The van der Waals surface area contributed by atoms with Gasteiger partial charge in [-0.05, 0) is 59.7 Å². The van der Waals surface area contributed by atoms with Crippen molar-refractivity contribution in [1.29, 1.82) is 10.5 Å². The Hall–Kier alpha value is -5.58. The van der Waals surface area contributed by atoms with E-state index in [1.165, 1.54) is 0 Å². The second kappa shape index (κ2) is 9.82. The third-order valence-electron chi connectivity index (χ3n) is 6.56. The fourth-order valence-corrected chi connectivity index (χ4v) is 4.68. The Morgan fingerprint density at radius 3 is 1.29 bits per heavy atom. The molecule has 0 saturated heterocycles. The molecule has 0 spiro atoms. The smallest absolute Gasteiger partial charge is 0.0991 e. The molecule has 2 heterocycles. The van der Waals surface area contributed by atoms with Crippen LogP contribution in [-0.2, 0) is 0 Å². The summed E-state index contributed by atoms with van der Waals surface area (Å²) in [5.41, 5.74) is 8.17. The Kier molecular flexibility index (Phi) is 5.91. The highest BCUT2D eigenvalue weighted by Crippen LogP contribution is 2.37. The average Bonchev–Trinajstić information content (AvgIpc) is 2.99. The van der Waals surface area contributed by atoms with Gasteiger partial charge in [-0.15, -0.1) is 0 Å². The number of benzene rings is 4. The van der Waals surface area contributed by atoms with Crippen LogP contribution < -0.4 is 0 Å². The van der Waals surface area contributed by atoms with Crippen molar-refractivity contribution in [2.45, 2.75) is 0 Å². The predicted octanol–water partition coefficient (Wildman–Crippen LogP) is 7.53. The van der Waals surface area contributed by atoms with Gasteiger partial charge in [-0.1, -0.05) is 72.8 Å². The van der Waals surface area contributed by atoms with Gasteiger partial charge in [-0.2, -0.15) is 10.5 Å². The van der Waals surface area contributed by atoms with E-state index in [4.69, 9.17) is 9.97 Å². The summed E-state index contributed by atoms with van der Waals surface area (Å²) in [7, 11) is 0. The normalized spacial score (nSPS) is 10.6. The van der Waals surface area contributed by atoms with E-state index in [2.05, 4.69) is 24.3 Å². The molecular weight excluding hydrogens is 464 g/mol. The molecule has 38 heavy (non-hydrogen) atoms. The van der Waals surface area contributed by atoms with Crippen LogP contribution in [0.3, 0.4) is 0 Å². The van der Waals surface area contributed by atoms with Crippen molar-refractivity contribution in [2.75, 3.05) is 0 Å². The Labute approximate surface area is 220 Å². The van der Waals surface area contributed by atoms with Crippen molar-refractivity contribution in [3.8, 4) is 12.1 Å². The van der Waals surface area contributed by atoms with Gasteiger partial charge in [0.25, 0.3) is 0 Å². The Balaban J connectivity index is 1.72. The molecule has 6 aromatic rings. The molecule has 0 N–H and O–H groups in total. The number of hydrogen-bond acceptors (Lipinski definition) is 4. The average molecular weight is 485 g/mol. The lowest BCUT2D eigenvalue weighted by Crippen LogP contribution is -2.02. The summed E-state index contributed by atoms with van der Waals surface area (Å²) in [6, 6.07) is 43.8. The summed E-state index contributed by atoms with van der Waals surface area (Å²) < 4.78 is 0. The van der Waals surface area contributed by atoms with E-state index in [1.807, 2.05) is 109 Å². The van der Waals surface area contributed by atoms with Crippen molar-refractivity contribution < 1.29 is 0 Å².